The fourth-order valence-corrected chi connectivity index (χ4v) is 2.46. The molecular formula is C14H13N3S. The molecule has 0 aliphatic carbocycles. The van der Waals surface area contributed by atoms with E-state index >= 15 is 0 Å². The van der Waals surface area contributed by atoms with Gasteiger partial charge in [0.2, 0.25) is 0 Å². The van der Waals surface area contributed by atoms with E-state index in [0.29, 0.717) is 0 Å². The van der Waals surface area contributed by atoms with Crippen molar-refractivity contribution in [2.45, 2.75) is 13.1 Å². The Morgan fingerprint density at radius 2 is 2.17 bits per heavy atom. The second-order valence-electron chi connectivity index (χ2n) is 4.10. The molecule has 3 aromatic rings. The Hall–Kier alpha value is -1.78. The number of fused-ring (bicyclic) bond motifs is 1. The summed E-state index contributed by atoms with van der Waals surface area (Å²) in [6.45, 7) is 1.73. The molecule has 90 valence electrons. The van der Waals surface area contributed by atoms with E-state index in [9.17, 15) is 0 Å². The summed E-state index contributed by atoms with van der Waals surface area (Å²) >= 11 is 1.68. The van der Waals surface area contributed by atoms with Gasteiger partial charge in [-0.15, -0.1) is 11.3 Å². The van der Waals surface area contributed by atoms with Gasteiger partial charge in [0.1, 0.15) is 0 Å². The van der Waals surface area contributed by atoms with Gasteiger partial charge in [-0.2, -0.15) is 0 Å². The molecule has 0 atom stereocenters. The third-order valence-electron chi connectivity index (χ3n) is 2.78. The molecule has 0 bridgehead atoms. The fraction of sp³-hybridized carbons (Fsp3) is 0.143. The van der Waals surface area contributed by atoms with E-state index in [1.807, 2.05) is 24.0 Å². The predicted molar refractivity (Wildman–Crippen MR) is 74.4 cm³/mol. The maximum Gasteiger partial charge on any atom is 0.0794 e. The van der Waals surface area contributed by atoms with E-state index in [1.165, 1.54) is 15.8 Å². The van der Waals surface area contributed by atoms with Crippen molar-refractivity contribution in [1.82, 2.24) is 15.3 Å². The molecule has 1 aromatic carbocycles. The van der Waals surface area contributed by atoms with Gasteiger partial charge in [0, 0.05) is 35.7 Å². The molecule has 0 aliphatic heterocycles. The Morgan fingerprint density at radius 1 is 1.17 bits per heavy atom. The molecule has 2 heterocycles. The number of hydrogen-bond acceptors (Lipinski definition) is 4. The van der Waals surface area contributed by atoms with Crippen molar-refractivity contribution in [3.63, 3.8) is 0 Å². The lowest BCUT2D eigenvalue weighted by Crippen LogP contribution is -2.11. The number of nitrogens with zero attached hydrogens (tertiary/aromatic N) is 2. The van der Waals surface area contributed by atoms with Crippen LogP contribution in [0.4, 0.5) is 0 Å². The molecule has 0 spiro atoms. The normalized spacial score (nSPS) is 10.9. The molecule has 4 heteroatoms. The summed E-state index contributed by atoms with van der Waals surface area (Å²) in [4.78, 5) is 9.64. The first kappa shape index (κ1) is 11.3. The minimum absolute atomic E-state index is 0.864. The molecule has 0 saturated heterocycles. The molecule has 3 rings (SSSR count). The van der Waals surface area contributed by atoms with Gasteiger partial charge in [0.05, 0.1) is 11.0 Å². The zero-order chi connectivity index (χ0) is 12.2. The molecule has 0 fully saturated rings. The largest absolute Gasteiger partial charge is 0.308 e. The van der Waals surface area contributed by atoms with Crippen molar-refractivity contribution in [3.8, 4) is 0 Å². The number of hydrogen-bond donors (Lipinski definition) is 1. The Morgan fingerprint density at radius 3 is 3.06 bits per heavy atom. The highest BCUT2D eigenvalue weighted by molar-refractivity contribution is 7.09. The molecule has 0 aliphatic rings. The van der Waals surface area contributed by atoms with Gasteiger partial charge < -0.3 is 5.32 Å². The number of aromatic nitrogens is 2. The monoisotopic (exact) mass is 255 g/mol. The lowest BCUT2D eigenvalue weighted by atomic mass is 10.1. The molecule has 2 aromatic heterocycles. The van der Waals surface area contributed by atoms with E-state index < -0.39 is 0 Å². The lowest BCUT2D eigenvalue weighted by Gasteiger charge is -2.04. The van der Waals surface area contributed by atoms with Crippen LogP contribution in [0.1, 0.15) is 10.4 Å². The van der Waals surface area contributed by atoms with Crippen LogP contribution in [0, 0.1) is 0 Å². The number of rotatable bonds is 4. The third-order valence-corrected chi connectivity index (χ3v) is 3.56. The second kappa shape index (κ2) is 5.25. The predicted octanol–water partition coefficient (Wildman–Crippen LogP) is 2.98. The van der Waals surface area contributed by atoms with Gasteiger partial charge in [-0.3, -0.25) is 9.97 Å². The van der Waals surface area contributed by atoms with Crippen LogP contribution in [0.3, 0.4) is 0 Å². The number of nitrogens with one attached hydrogen (secondary N) is 1. The molecule has 0 unspecified atom stereocenters. The SMILES string of the molecule is c1cnc2ccc(CNCc3cncs3)cc2c1. The van der Waals surface area contributed by atoms with Crippen LogP contribution in [0.15, 0.2) is 48.2 Å². The number of pyridine rings is 1. The average molecular weight is 255 g/mol. The van der Waals surface area contributed by atoms with Crippen LogP contribution < -0.4 is 5.32 Å². The Labute approximate surface area is 110 Å². The van der Waals surface area contributed by atoms with Gasteiger partial charge >= 0.3 is 0 Å². The highest BCUT2D eigenvalue weighted by Gasteiger charge is 1.98. The van der Waals surface area contributed by atoms with Crippen LogP contribution in [-0.4, -0.2) is 9.97 Å². The minimum Gasteiger partial charge on any atom is -0.308 e. The first-order valence-corrected chi connectivity index (χ1v) is 6.71. The summed E-state index contributed by atoms with van der Waals surface area (Å²) in [6.07, 6.45) is 3.73. The molecule has 1 N–H and O–H groups in total. The van der Waals surface area contributed by atoms with Gasteiger partial charge in [-0.05, 0) is 23.8 Å². The summed E-state index contributed by atoms with van der Waals surface area (Å²) in [5.74, 6) is 0. The Bertz CT molecular complexity index is 634. The van der Waals surface area contributed by atoms with Crippen molar-refractivity contribution >= 4 is 22.2 Å². The van der Waals surface area contributed by atoms with Crippen LogP contribution in [0.2, 0.25) is 0 Å². The number of thiazole rings is 1. The van der Waals surface area contributed by atoms with Crippen molar-refractivity contribution in [1.29, 1.82) is 0 Å². The molecule has 0 radical (unpaired) electrons. The number of benzene rings is 1. The summed E-state index contributed by atoms with van der Waals surface area (Å²) < 4.78 is 0. The maximum absolute atomic E-state index is 4.32. The molecule has 0 amide bonds. The maximum atomic E-state index is 4.32. The zero-order valence-electron chi connectivity index (χ0n) is 9.84. The van der Waals surface area contributed by atoms with Crippen LogP contribution >= 0.6 is 11.3 Å². The van der Waals surface area contributed by atoms with Crippen molar-refractivity contribution in [3.05, 3.63) is 58.7 Å². The summed E-state index contributed by atoms with van der Waals surface area (Å²) in [5, 5.41) is 4.61. The Kier molecular flexibility index (Phi) is 3.30. The van der Waals surface area contributed by atoms with Crippen LogP contribution in [-0.2, 0) is 13.1 Å². The van der Waals surface area contributed by atoms with E-state index in [0.717, 1.165) is 18.6 Å². The smallest absolute Gasteiger partial charge is 0.0794 e. The molecular weight excluding hydrogens is 242 g/mol. The van der Waals surface area contributed by atoms with Crippen molar-refractivity contribution < 1.29 is 0 Å². The summed E-state index contributed by atoms with van der Waals surface area (Å²) in [5.41, 5.74) is 4.18. The molecule has 3 nitrogen and oxygen atoms in total. The van der Waals surface area contributed by atoms with Crippen molar-refractivity contribution in [2.24, 2.45) is 0 Å². The van der Waals surface area contributed by atoms with Gasteiger partial charge in [0.15, 0.2) is 0 Å². The highest BCUT2D eigenvalue weighted by atomic mass is 32.1. The van der Waals surface area contributed by atoms with E-state index in [1.54, 1.807) is 11.3 Å². The van der Waals surface area contributed by atoms with E-state index in [-0.39, 0.29) is 0 Å². The van der Waals surface area contributed by atoms with E-state index in [2.05, 4.69) is 39.6 Å². The van der Waals surface area contributed by atoms with E-state index in [4.69, 9.17) is 0 Å². The summed E-state index contributed by atoms with van der Waals surface area (Å²) in [6, 6.07) is 10.4. The first-order valence-electron chi connectivity index (χ1n) is 5.83. The fourth-order valence-electron chi connectivity index (χ4n) is 1.89. The molecule has 18 heavy (non-hydrogen) atoms. The molecule has 0 saturated carbocycles. The van der Waals surface area contributed by atoms with Gasteiger partial charge in [0.25, 0.3) is 0 Å². The van der Waals surface area contributed by atoms with Crippen molar-refractivity contribution in [2.75, 3.05) is 0 Å². The standard InChI is InChI=1S/C14H13N3S/c1-2-12-6-11(3-4-14(12)17-5-1)7-15-8-13-9-16-10-18-13/h1-6,9-10,15H,7-8H2. The minimum atomic E-state index is 0.864. The second-order valence-corrected chi connectivity index (χ2v) is 5.07. The zero-order valence-corrected chi connectivity index (χ0v) is 10.7. The van der Waals surface area contributed by atoms with Crippen LogP contribution in [0.25, 0.3) is 10.9 Å². The third kappa shape index (κ3) is 2.55. The van der Waals surface area contributed by atoms with Gasteiger partial charge in [-0.1, -0.05) is 12.1 Å². The average Bonchev–Trinajstić information content (AvgIpc) is 2.92. The highest BCUT2D eigenvalue weighted by Crippen LogP contribution is 2.13. The lowest BCUT2D eigenvalue weighted by molar-refractivity contribution is 0.700. The first-order chi connectivity index (χ1) is 8.92. The topological polar surface area (TPSA) is 37.8 Å². The van der Waals surface area contributed by atoms with Crippen LogP contribution in [0.5, 0.6) is 0 Å². The quantitative estimate of drug-likeness (QED) is 0.779. The van der Waals surface area contributed by atoms with Gasteiger partial charge in [-0.25, -0.2) is 0 Å². The summed E-state index contributed by atoms with van der Waals surface area (Å²) in [7, 11) is 0. The Balaban J connectivity index is 1.67.